The average Bonchev–Trinajstić information content (AvgIpc) is 2.76. The van der Waals surface area contributed by atoms with Crippen LogP contribution in [0.15, 0.2) is 34.8 Å². The molecule has 0 radical (unpaired) electrons. The summed E-state index contributed by atoms with van der Waals surface area (Å²) < 4.78 is 3.07. The van der Waals surface area contributed by atoms with E-state index in [1.165, 1.54) is 11.3 Å². The molecule has 1 aromatic heterocycles. The molecular weight excluding hydrogens is 302 g/mol. The molecule has 1 heterocycles. The Hall–Kier alpha value is -1.13. The van der Waals surface area contributed by atoms with Crippen molar-refractivity contribution in [2.45, 2.75) is 25.7 Å². The van der Waals surface area contributed by atoms with Crippen molar-refractivity contribution in [2.24, 2.45) is 12.8 Å². The van der Waals surface area contributed by atoms with Crippen LogP contribution in [0, 0.1) is 0 Å². The molecule has 2 N–H and O–H groups in total. The van der Waals surface area contributed by atoms with E-state index in [0.29, 0.717) is 12.5 Å². The lowest BCUT2D eigenvalue weighted by atomic mass is 9.94. The minimum atomic E-state index is 0.331. The van der Waals surface area contributed by atoms with Crippen LogP contribution < -0.4 is 5.73 Å². The molecule has 0 aliphatic carbocycles. The second kappa shape index (κ2) is 6.35. The summed E-state index contributed by atoms with van der Waals surface area (Å²) in [6.45, 7) is 2.77. The Morgan fingerprint density at radius 2 is 2.16 bits per heavy atom. The van der Waals surface area contributed by atoms with Crippen LogP contribution in [0.25, 0.3) is 0 Å². The van der Waals surface area contributed by atoms with Crippen molar-refractivity contribution < 1.29 is 0 Å². The summed E-state index contributed by atoms with van der Waals surface area (Å²) in [5.74, 6) is 0.331. The molecule has 2 aromatic rings. The van der Waals surface area contributed by atoms with Crippen LogP contribution in [-0.2, 0) is 19.9 Å². The minimum absolute atomic E-state index is 0.331. The lowest BCUT2D eigenvalue weighted by Crippen LogP contribution is -2.16. The van der Waals surface area contributed by atoms with Crippen LogP contribution in [0.2, 0.25) is 0 Å². The molecule has 19 heavy (non-hydrogen) atoms. The van der Waals surface area contributed by atoms with Gasteiger partial charge in [0, 0.05) is 23.1 Å². The normalized spacial score (nSPS) is 12.6. The first kappa shape index (κ1) is 14.3. The summed E-state index contributed by atoms with van der Waals surface area (Å²) in [5, 5.41) is 4.49. The number of aromatic nitrogens is 2. The van der Waals surface area contributed by atoms with Crippen LogP contribution in [0.4, 0.5) is 0 Å². The van der Waals surface area contributed by atoms with E-state index in [1.807, 2.05) is 17.8 Å². The van der Waals surface area contributed by atoms with Crippen molar-refractivity contribution in [1.82, 2.24) is 9.78 Å². The molecule has 3 nitrogen and oxygen atoms in total. The van der Waals surface area contributed by atoms with E-state index >= 15 is 0 Å². The maximum absolute atomic E-state index is 5.95. The Kier molecular flexibility index (Phi) is 4.77. The molecule has 0 fully saturated rings. The fraction of sp³-hybridized carbons (Fsp3) is 0.400. The highest BCUT2D eigenvalue weighted by atomic mass is 79.9. The molecule has 0 bridgehead atoms. The first-order chi connectivity index (χ1) is 9.13. The van der Waals surface area contributed by atoms with E-state index in [0.717, 1.165) is 23.0 Å². The smallest absolute Gasteiger partial charge is 0.0624 e. The first-order valence-electron chi connectivity index (χ1n) is 6.61. The minimum Gasteiger partial charge on any atom is -0.330 e. The number of nitrogens with zero attached hydrogens (tertiary/aromatic N) is 2. The van der Waals surface area contributed by atoms with Gasteiger partial charge in [-0.15, -0.1) is 0 Å². The van der Waals surface area contributed by atoms with Gasteiger partial charge in [0.05, 0.1) is 5.69 Å². The molecule has 0 saturated heterocycles. The van der Waals surface area contributed by atoms with Crippen molar-refractivity contribution in [2.75, 3.05) is 6.54 Å². The van der Waals surface area contributed by atoms with Crippen molar-refractivity contribution in [3.8, 4) is 0 Å². The number of benzene rings is 1. The monoisotopic (exact) mass is 321 g/mol. The average molecular weight is 322 g/mol. The summed E-state index contributed by atoms with van der Waals surface area (Å²) in [6, 6.07) is 10.6. The molecule has 0 aliphatic rings. The summed E-state index contributed by atoms with van der Waals surface area (Å²) in [6.07, 6.45) is 1.90. The molecule has 0 spiro atoms. The predicted octanol–water partition coefficient (Wildman–Crippen LogP) is 3.03. The SMILES string of the molecule is CCc1cc(CC(CN)c2cccc(Br)c2)n(C)n1. The van der Waals surface area contributed by atoms with Gasteiger partial charge in [-0.25, -0.2) is 0 Å². The molecule has 0 aliphatic heterocycles. The third-order valence-corrected chi connectivity index (χ3v) is 3.94. The number of nitrogens with two attached hydrogens (primary N) is 1. The van der Waals surface area contributed by atoms with E-state index in [-0.39, 0.29) is 0 Å². The van der Waals surface area contributed by atoms with Gasteiger partial charge in [0.2, 0.25) is 0 Å². The summed E-state index contributed by atoms with van der Waals surface area (Å²) in [4.78, 5) is 0. The third kappa shape index (κ3) is 3.45. The van der Waals surface area contributed by atoms with Gasteiger partial charge in [-0.05, 0) is 43.1 Å². The fourth-order valence-corrected chi connectivity index (χ4v) is 2.70. The molecule has 0 saturated carbocycles. The second-order valence-electron chi connectivity index (χ2n) is 4.80. The third-order valence-electron chi connectivity index (χ3n) is 3.45. The van der Waals surface area contributed by atoms with Crippen LogP contribution in [0.3, 0.4) is 0 Å². The van der Waals surface area contributed by atoms with Crippen LogP contribution >= 0.6 is 15.9 Å². The summed E-state index contributed by atoms with van der Waals surface area (Å²) >= 11 is 3.52. The zero-order chi connectivity index (χ0) is 13.8. The van der Waals surface area contributed by atoms with Crippen LogP contribution in [0.5, 0.6) is 0 Å². The van der Waals surface area contributed by atoms with Gasteiger partial charge in [0.1, 0.15) is 0 Å². The Morgan fingerprint density at radius 3 is 2.74 bits per heavy atom. The van der Waals surface area contributed by atoms with Crippen molar-refractivity contribution in [3.05, 3.63) is 51.8 Å². The highest BCUT2D eigenvalue weighted by Crippen LogP contribution is 2.23. The van der Waals surface area contributed by atoms with Crippen molar-refractivity contribution in [3.63, 3.8) is 0 Å². The lowest BCUT2D eigenvalue weighted by molar-refractivity contribution is 0.627. The molecule has 1 atom stereocenters. The topological polar surface area (TPSA) is 43.8 Å². The number of hydrogen-bond donors (Lipinski definition) is 1. The number of aryl methyl sites for hydroxylation is 2. The first-order valence-corrected chi connectivity index (χ1v) is 7.40. The Morgan fingerprint density at radius 1 is 1.37 bits per heavy atom. The number of halogens is 1. The molecule has 1 unspecified atom stereocenters. The van der Waals surface area contributed by atoms with Gasteiger partial charge < -0.3 is 5.73 Å². The highest BCUT2D eigenvalue weighted by molar-refractivity contribution is 9.10. The van der Waals surface area contributed by atoms with E-state index in [4.69, 9.17) is 5.73 Å². The zero-order valence-electron chi connectivity index (χ0n) is 11.4. The Bertz CT molecular complexity index is 548. The van der Waals surface area contributed by atoms with Gasteiger partial charge in [0.25, 0.3) is 0 Å². The van der Waals surface area contributed by atoms with Crippen LogP contribution in [0.1, 0.15) is 29.8 Å². The van der Waals surface area contributed by atoms with Gasteiger partial charge >= 0.3 is 0 Å². The van der Waals surface area contributed by atoms with E-state index in [1.54, 1.807) is 0 Å². The summed E-state index contributed by atoms with van der Waals surface area (Å²) in [5.41, 5.74) is 9.61. The Balaban J connectivity index is 2.21. The highest BCUT2D eigenvalue weighted by Gasteiger charge is 2.14. The van der Waals surface area contributed by atoms with E-state index in [9.17, 15) is 0 Å². The van der Waals surface area contributed by atoms with Crippen LogP contribution in [-0.4, -0.2) is 16.3 Å². The number of hydrogen-bond acceptors (Lipinski definition) is 2. The molecule has 2 rings (SSSR count). The zero-order valence-corrected chi connectivity index (χ0v) is 13.0. The fourth-order valence-electron chi connectivity index (χ4n) is 2.29. The standard InChI is InChI=1S/C15H20BrN3/c1-3-14-9-15(19(2)18-14)8-12(10-17)11-5-4-6-13(16)7-11/h4-7,9,12H,3,8,10,17H2,1-2H3. The second-order valence-corrected chi connectivity index (χ2v) is 5.71. The van der Waals surface area contributed by atoms with Gasteiger partial charge in [-0.3, -0.25) is 4.68 Å². The molecule has 1 aromatic carbocycles. The van der Waals surface area contributed by atoms with Crippen molar-refractivity contribution in [1.29, 1.82) is 0 Å². The van der Waals surface area contributed by atoms with E-state index < -0.39 is 0 Å². The molecule has 102 valence electrons. The van der Waals surface area contributed by atoms with Gasteiger partial charge in [-0.2, -0.15) is 5.10 Å². The maximum Gasteiger partial charge on any atom is 0.0624 e. The van der Waals surface area contributed by atoms with Gasteiger partial charge in [0.15, 0.2) is 0 Å². The quantitative estimate of drug-likeness (QED) is 0.919. The number of rotatable bonds is 5. The lowest BCUT2D eigenvalue weighted by Gasteiger charge is -2.15. The molecule has 4 heteroatoms. The van der Waals surface area contributed by atoms with Gasteiger partial charge in [-0.1, -0.05) is 35.0 Å². The van der Waals surface area contributed by atoms with Crippen molar-refractivity contribution >= 4 is 15.9 Å². The Labute approximate surface area is 122 Å². The maximum atomic E-state index is 5.95. The molecular formula is C15H20BrN3. The molecule has 0 amide bonds. The largest absolute Gasteiger partial charge is 0.330 e. The van der Waals surface area contributed by atoms with E-state index in [2.05, 4.69) is 52.2 Å². The summed E-state index contributed by atoms with van der Waals surface area (Å²) in [7, 11) is 2.00. The predicted molar refractivity (Wildman–Crippen MR) is 82.2 cm³/mol.